The molecule has 0 aliphatic carbocycles. The Balaban J connectivity index is 1.84. The number of nitrogens with zero attached hydrogens (tertiary/aromatic N) is 4. The molecule has 0 unspecified atom stereocenters. The maximum absolute atomic E-state index is 12.8. The van der Waals surface area contributed by atoms with Crippen LogP contribution >= 0.6 is 11.8 Å². The third kappa shape index (κ3) is 4.01. The van der Waals surface area contributed by atoms with Crippen LogP contribution in [0.1, 0.15) is 15.9 Å². The topological polar surface area (TPSA) is 81.3 Å². The summed E-state index contributed by atoms with van der Waals surface area (Å²) in [6.07, 6.45) is 5.49. The fourth-order valence-electron chi connectivity index (χ4n) is 2.80. The number of nitro groups is 1. The van der Waals surface area contributed by atoms with Crippen molar-refractivity contribution >= 4 is 23.4 Å². The lowest BCUT2D eigenvalue weighted by atomic mass is 10.1. The predicted octanol–water partition coefficient (Wildman–Crippen LogP) is 3.77. The van der Waals surface area contributed by atoms with Crippen LogP contribution in [-0.4, -0.2) is 38.6 Å². The van der Waals surface area contributed by atoms with Crippen molar-refractivity contribution in [3.8, 4) is 5.69 Å². The van der Waals surface area contributed by atoms with E-state index in [2.05, 4.69) is 4.98 Å². The number of nitro benzene ring substituents is 1. The number of hydrogen-bond acceptors (Lipinski definition) is 5. The van der Waals surface area contributed by atoms with Crippen molar-refractivity contribution < 1.29 is 9.72 Å². The summed E-state index contributed by atoms with van der Waals surface area (Å²) < 4.78 is 1.91. The molecule has 7 nitrogen and oxygen atoms in total. The van der Waals surface area contributed by atoms with Gasteiger partial charge in [-0.3, -0.25) is 19.5 Å². The van der Waals surface area contributed by atoms with E-state index in [1.807, 2.05) is 29.2 Å². The maximum Gasteiger partial charge on any atom is 0.274 e. The van der Waals surface area contributed by atoms with Gasteiger partial charge < -0.3 is 4.90 Å². The average molecular weight is 382 g/mol. The highest BCUT2D eigenvalue weighted by atomic mass is 32.2. The number of rotatable bonds is 6. The van der Waals surface area contributed by atoms with Crippen LogP contribution in [0, 0.1) is 10.1 Å². The number of thioether (sulfide) groups is 1. The van der Waals surface area contributed by atoms with Gasteiger partial charge in [-0.25, -0.2) is 4.98 Å². The summed E-state index contributed by atoms with van der Waals surface area (Å²) in [4.78, 5) is 29.3. The highest BCUT2D eigenvalue weighted by Gasteiger charge is 2.18. The zero-order valence-electron chi connectivity index (χ0n) is 14.9. The molecule has 0 aliphatic heterocycles. The lowest BCUT2D eigenvalue weighted by Crippen LogP contribution is -2.26. The molecule has 0 saturated heterocycles. The highest BCUT2D eigenvalue weighted by molar-refractivity contribution is 7.98. The van der Waals surface area contributed by atoms with Gasteiger partial charge in [-0.1, -0.05) is 36.0 Å². The zero-order valence-corrected chi connectivity index (χ0v) is 15.7. The Bertz CT molecular complexity index is 986. The zero-order chi connectivity index (χ0) is 19.4. The minimum Gasteiger partial charge on any atom is -0.337 e. The molecule has 0 saturated carbocycles. The van der Waals surface area contributed by atoms with Crippen molar-refractivity contribution in [2.24, 2.45) is 0 Å². The van der Waals surface area contributed by atoms with Crippen LogP contribution in [0.25, 0.3) is 5.69 Å². The molecule has 0 aliphatic rings. The summed E-state index contributed by atoms with van der Waals surface area (Å²) in [6, 6.07) is 13.7. The van der Waals surface area contributed by atoms with Gasteiger partial charge in [0.25, 0.3) is 11.6 Å². The summed E-state index contributed by atoms with van der Waals surface area (Å²) in [5, 5.41) is 12.0. The molecular formula is C19H18N4O3S. The second-order valence-electron chi connectivity index (χ2n) is 5.88. The van der Waals surface area contributed by atoms with E-state index in [-0.39, 0.29) is 18.1 Å². The number of benzene rings is 2. The normalized spacial score (nSPS) is 10.6. The second kappa shape index (κ2) is 8.05. The molecule has 0 atom stereocenters. The Hall–Kier alpha value is -3.13. The van der Waals surface area contributed by atoms with E-state index in [1.165, 1.54) is 22.7 Å². The molecule has 0 bridgehead atoms. The fraction of sp³-hybridized carbons (Fsp3) is 0.158. The molecule has 1 amide bonds. The first-order chi connectivity index (χ1) is 13.0. The maximum atomic E-state index is 12.8. The van der Waals surface area contributed by atoms with E-state index in [1.54, 1.807) is 43.6 Å². The van der Waals surface area contributed by atoms with Gasteiger partial charge in [0.2, 0.25) is 0 Å². The minimum absolute atomic E-state index is 0.00827. The number of amides is 1. The molecule has 3 aromatic rings. The average Bonchev–Trinajstić information content (AvgIpc) is 3.16. The molecule has 138 valence electrons. The summed E-state index contributed by atoms with van der Waals surface area (Å²) in [7, 11) is 1.64. The Morgan fingerprint density at radius 1 is 1.26 bits per heavy atom. The van der Waals surface area contributed by atoms with Crippen molar-refractivity contribution in [1.29, 1.82) is 0 Å². The molecule has 0 radical (unpaired) electrons. The van der Waals surface area contributed by atoms with E-state index in [4.69, 9.17) is 0 Å². The molecule has 27 heavy (non-hydrogen) atoms. The van der Waals surface area contributed by atoms with Crippen LogP contribution in [0.15, 0.2) is 66.1 Å². The van der Waals surface area contributed by atoms with E-state index in [9.17, 15) is 14.9 Å². The van der Waals surface area contributed by atoms with Gasteiger partial charge in [-0.2, -0.15) is 0 Å². The van der Waals surface area contributed by atoms with Gasteiger partial charge in [0.15, 0.2) is 5.16 Å². The van der Waals surface area contributed by atoms with Crippen molar-refractivity contribution in [3.05, 3.63) is 82.2 Å². The van der Waals surface area contributed by atoms with Gasteiger partial charge in [-0.15, -0.1) is 0 Å². The molecular weight excluding hydrogens is 364 g/mol. The van der Waals surface area contributed by atoms with Gasteiger partial charge in [0.1, 0.15) is 0 Å². The first-order valence-corrected chi connectivity index (χ1v) is 9.39. The second-order valence-corrected chi connectivity index (χ2v) is 6.65. The first-order valence-electron chi connectivity index (χ1n) is 8.17. The monoisotopic (exact) mass is 382 g/mol. The largest absolute Gasteiger partial charge is 0.337 e. The summed E-state index contributed by atoms with van der Waals surface area (Å²) in [6.45, 7) is 0.154. The van der Waals surface area contributed by atoms with E-state index in [0.717, 1.165) is 10.8 Å². The molecule has 1 heterocycles. The summed E-state index contributed by atoms with van der Waals surface area (Å²) in [5.74, 6) is -0.208. The molecule has 0 spiro atoms. The van der Waals surface area contributed by atoms with Crippen LogP contribution in [0.4, 0.5) is 5.69 Å². The first kappa shape index (κ1) is 18.7. The highest BCUT2D eigenvalue weighted by Crippen LogP contribution is 2.22. The number of aromatic nitrogens is 2. The number of hydrogen-bond donors (Lipinski definition) is 0. The summed E-state index contributed by atoms with van der Waals surface area (Å²) >= 11 is 1.52. The smallest absolute Gasteiger partial charge is 0.274 e. The van der Waals surface area contributed by atoms with Crippen LogP contribution in [0.3, 0.4) is 0 Å². The van der Waals surface area contributed by atoms with E-state index < -0.39 is 4.92 Å². The van der Waals surface area contributed by atoms with Crippen molar-refractivity contribution in [2.75, 3.05) is 13.3 Å². The standard InChI is InChI=1S/C19H18N4O3S/c1-21(13-15-6-3-4-9-17(15)23(25)26)18(24)14-7-5-8-16(12-14)22-11-10-20-19(22)27-2/h3-12H,13H2,1-2H3. The minimum atomic E-state index is -0.433. The van der Waals surface area contributed by atoms with Gasteiger partial charge in [0, 0.05) is 42.3 Å². The number of imidazole rings is 1. The van der Waals surface area contributed by atoms with Crippen LogP contribution < -0.4 is 0 Å². The van der Waals surface area contributed by atoms with Crippen LogP contribution in [-0.2, 0) is 6.54 Å². The third-order valence-corrected chi connectivity index (χ3v) is 4.77. The molecule has 0 fully saturated rings. The lowest BCUT2D eigenvalue weighted by Gasteiger charge is -2.18. The van der Waals surface area contributed by atoms with Gasteiger partial charge >= 0.3 is 0 Å². The fourth-order valence-corrected chi connectivity index (χ4v) is 3.33. The van der Waals surface area contributed by atoms with E-state index >= 15 is 0 Å². The Labute approximate surface area is 160 Å². The molecule has 1 aromatic heterocycles. The Morgan fingerprint density at radius 2 is 2.04 bits per heavy atom. The Morgan fingerprint density at radius 3 is 2.78 bits per heavy atom. The predicted molar refractivity (Wildman–Crippen MR) is 104 cm³/mol. The molecule has 0 N–H and O–H groups in total. The molecule has 2 aromatic carbocycles. The summed E-state index contributed by atoms with van der Waals surface area (Å²) in [5.41, 5.74) is 1.85. The van der Waals surface area contributed by atoms with Crippen molar-refractivity contribution in [3.63, 3.8) is 0 Å². The van der Waals surface area contributed by atoms with Crippen molar-refractivity contribution in [2.45, 2.75) is 11.7 Å². The van der Waals surface area contributed by atoms with Crippen LogP contribution in [0.2, 0.25) is 0 Å². The van der Waals surface area contributed by atoms with Crippen molar-refractivity contribution in [1.82, 2.24) is 14.5 Å². The molecule has 3 rings (SSSR count). The Kier molecular flexibility index (Phi) is 5.56. The lowest BCUT2D eigenvalue weighted by molar-refractivity contribution is -0.385. The molecule has 8 heteroatoms. The van der Waals surface area contributed by atoms with Gasteiger partial charge in [-0.05, 0) is 24.5 Å². The quantitative estimate of drug-likeness (QED) is 0.368. The van der Waals surface area contributed by atoms with Gasteiger partial charge in [0.05, 0.1) is 11.5 Å². The third-order valence-electron chi connectivity index (χ3n) is 4.10. The number of para-hydroxylation sites is 1. The van der Waals surface area contributed by atoms with Crippen LogP contribution in [0.5, 0.6) is 0 Å². The number of carbonyl (C=O) groups excluding carboxylic acids is 1. The van der Waals surface area contributed by atoms with E-state index in [0.29, 0.717) is 11.1 Å². The number of carbonyl (C=O) groups is 1. The SMILES string of the molecule is CSc1nccn1-c1cccc(C(=O)N(C)Cc2ccccc2[N+](=O)[O-])c1.